The van der Waals surface area contributed by atoms with E-state index in [1.807, 2.05) is 18.2 Å². The Morgan fingerprint density at radius 3 is 2.71 bits per heavy atom. The van der Waals surface area contributed by atoms with Crippen LogP contribution in [0.2, 0.25) is 0 Å². The van der Waals surface area contributed by atoms with Crippen molar-refractivity contribution in [1.82, 2.24) is 20.1 Å². The van der Waals surface area contributed by atoms with Crippen LogP contribution in [0.1, 0.15) is 36.3 Å². The number of benzene rings is 2. The highest BCUT2D eigenvalue weighted by atomic mass is 16.5. The molecule has 6 heteroatoms. The van der Waals surface area contributed by atoms with Crippen LogP contribution in [0.15, 0.2) is 54.7 Å². The van der Waals surface area contributed by atoms with Gasteiger partial charge in [0.25, 0.3) is 0 Å². The predicted molar refractivity (Wildman–Crippen MR) is 136 cm³/mol. The molecule has 34 heavy (non-hydrogen) atoms. The van der Waals surface area contributed by atoms with Crippen molar-refractivity contribution < 1.29 is 9.53 Å². The minimum atomic E-state index is 0.0576. The summed E-state index contributed by atoms with van der Waals surface area (Å²) in [6.07, 6.45) is 5.80. The van der Waals surface area contributed by atoms with E-state index in [4.69, 9.17) is 4.74 Å². The standard InChI is InChI=1S/C28H36N4O2/c1-31-15-13-28(19-31)12-5-14-32(20-28)18-27(33)30-16-24(21-8-10-22(34-2)11-9-21)25-17-29-26-7-4-3-6-23(25)26/h3-4,6-11,17,24,29H,5,12-16,18-20H2,1-2H3,(H,30,33). The number of likely N-dealkylation sites (tertiary alicyclic amines) is 2. The number of rotatable bonds is 7. The molecule has 0 saturated carbocycles. The predicted octanol–water partition coefficient (Wildman–Crippen LogP) is 3.84. The number of amides is 1. The van der Waals surface area contributed by atoms with Gasteiger partial charge in [-0.05, 0) is 74.1 Å². The van der Waals surface area contributed by atoms with E-state index in [9.17, 15) is 4.79 Å². The maximum absolute atomic E-state index is 13.1. The van der Waals surface area contributed by atoms with Gasteiger partial charge in [0.15, 0.2) is 0 Å². The average molecular weight is 461 g/mol. The molecular weight excluding hydrogens is 424 g/mol. The summed E-state index contributed by atoms with van der Waals surface area (Å²) in [7, 11) is 3.89. The quantitative estimate of drug-likeness (QED) is 0.562. The van der Waals surface area contributed by atoms with Crippen molar-refractivity contribution in [3.63, 3.8) is 0 Å². The molecule has 3 aromatic rings. The number of fused-ring (bicyclic) bond motifs is 1. The van der Waals surface area contributed by atoms with Gasteiger partial charge in [-0.25, -0.2) is 0 Å². The molecule has 5 rings (SSSR count). The molecule has 1 amide bonds. The fourth-order valence-electron chi connectivity index (χ4n) is 6.04. The first kappa shape index (κ1) is 22.9. The van der Waals surface area contributed by atoms with Crippen LogP contribution in [0, 0.1) is 5.41 Å². The minimum absolute atomic E-state index is 0.0576. The van der Waals surface area contributed by atoms with E-state index in [1.54, 1.807) is 7.11 Å². The van der Waals surface area contributed by atoms with Crippen LogP contribution in [-0.4, -0.2) is 74.1 Å². The van der Waals surface area contributed by atoms with Gasteiger partial charge in [0.1, 0.15) is 5.75 Å². The molecule has 2 atom stereocenters. The molecule has 2 fully saturated rings. The smallest absolute Gasteiger partial charge is 0.234 e. The summed E-state index contributed by atoms with van der Waals surface area (Å²) < 4.78 is 5.35. The number of nitrogens with zero attached hydrogens (tertiary/aromatic N) is 2. The first-order valence-corrected chi connectivity index (χ1v) is 12.4. The van der Waals surface area contributed by atoms with Crippen molar-refractivity contribution in [2.24, 2.45) is 5.41 Å². The molecule has 1 aromatic heterocycles. The number of para-hydroxylation sites is 1. The summed E-state index contributed by atoms with van der Waals surface area (Å²) in [6.45, 7) is 5.43. The molecule has 2 aromatic carbocycles. The van der Waals surface area contributed by atoms with Gasteiger partial charge in [0.2, 0.25) is 5.91 Å². The highest BCUT2D eigenvalue weighted by molar-refractivity contribution is 5.84. The summed E-state index contributed by atoms with van der Waals surface area (Å²) >= 11 is 0. The Bertz CT molecular complexity index is 1120. The number of aromatic amines is 1. The Morgan fingerprint density at radius 2 is 1.94 bits per heavy atom. The monoisotopic (exact) mass is 460 g/mol. The molecule has 2 aliphatic heterocycles. The van der Waals surface area contributed by atoms with Gasteiger partial charge >= 0.3 is 0 Å². The van der Waals surface area contributed by atoms with Gasteiger partial charge in [-0.15, -0.1) is 0 Å². The third-order valence-electron chi connectivity index (χ3n) is 7.76. The second kappa shape index (κ2) is 9.80. The van der Waals surface area contributed by atoms with Gasteiger partial charge in [-0.3, -0.25) is 9.69 Å². The van der Waals surface area contributed by atoms with Crippen LogP contribution in [-0.2, 0) is 4.79 Å². The first-order valence-electron chi connectivity index (χ1n) is 12.4. The van der Waals surface area contributed by atoms with Crippen LogP contribution in [0.5, 0.6) is 5.75 Å². The van der Waals surface area contributed by atoms with E-state index in [-0.39, 0.29) is 11.8 Å². The second-order valence-electron chi connectivity index (χ2n) is 10.2. The molecule has 0 bridgehead atoms. The molecule has 0 radical (unpaired) electrons. The minimum Gasteiger partial charge on any atom is -0.497 e. The van der Waals surface area contributed by atoms with Crippen LogP contribution < -0.4 is 10.1 Å². The topological polar surface area (TPSA) is 60.6 Å². The number of ether oxygens (including phenoxy) is 1. The molecular formula is C28H36N4O2. The van der Waals surface area contributed by atoms with Crippen molar-refractivity contribution in [2.45, 2.75) is 25.2 Å². The zero-order valence-electron chi connectivity index (χ0n) is 20.3. The number of hydrogen-bond donors (Lipinski definition) is 2. The normalized spacial score (nSPS) is 22.3. The largest absolute Gasteiger partial charge is 0.497 e. The molecule has 0 aliphatic carbocycles. The lowest BCUT2D eigenvalue weighted by Gasteiger charge is -2.40. The lowest BCUT2D eigenvalue weighted by Crippen LogP contribution is -2.48. The van der Waals surface area contributed by atoms with Crippen molar-refractivity contribution in [1.29, 1.82) is 0 Å². The van der Waals surface area contributed by atoms with E-state index in [0.29, 0.717) is 18.5 Å². The Labute approximate surface area is 202 Å². The molecule has 6 nitrogen and oxygen atoms in total. The van der Waals surface area contributed by atoms with Crippen LogP contribution in [0.3, 0.4) is 0 Å². The van der Waals surface area contributed by atoms with Crippen LogP contribution in [0.4, 0.5) is 0 Å². The first-order chi connectivity index (χ1) is 16.5. The fraction of sp³-hybridized carbons (Fsp3) is 0.464. The Balaban J connectivity index is 1.29. The van der Waals surface area contributed by atoms with E-state index < -0.39 is 0 Å². The highest BCUT2D eigenvalue weighted by Crippen LogP contribution is 2.38. The molecule has 2 unspecified atom stereocenters. The number of carbonyl (C=O) groups is 1. The summed E-state index contributed by atoms with van der Waals surface area (Å²) in [5.41, 5.74) is 3.86. The fourth-order valence-corrected chi connectivity index (χ4v) is 6.04. The Hall–Kier alpha value is -2.83. The summed E-state index contributed by atoms with van der Waals surface area (Å²) in [5.74, 6) is 1.01. The number of aromatic nitrogens is 1. The number of piperidine rings is 1. The SMILES string of the molecule is COc1ccc(C(CNC(=O)CN2CCCC3(CCN(C)C3)C2)c2c[nH]c3ccccc23)cc1. The van der Waals surface area contributed by atoms with E-state index in [1.165, 1.54) is 36.8 Å². The highest BCUT2D eigenvalue weighted by Gasteiger charge is 2.40. The lowest BCUT2D eigenvalue weighted by molar-refractivity contribution is -0.123. The van der Waals surface area contributed by atoms with Gasteiger partial charge in [-0.1, -0.05) is 30.3 Å². The second-order valence-corrected chi connectivity index (χ2v) is 10.2. The Kier molecular flexibility index (Phi) is 6.61. The van der Waals surface area contributed by atoms with Crippen molar-refractivity contribution in [2.75, 3.05) is 53.4 Å². The van der Waals surface area contributed by atoms with Crippen molar-refractivity contribution in [3.8, 4) is 5.75 Å². The molecule has 180 valence electrons. The number of carbonyl (C=O) groups excluding carboxylic acids is 1. The third-order valence-corrected chi connectivity index (χ3v) is 7.76. The maximum Gasteiger partial charge on any atom is 0.234 e. The number of hydrogen-bond acceptors (Lipinski definition) is 4. The van der Waals surface area contributed by atoms with E-state index >= 15 is 0 Å². The Morgan fingerprint density at radius 1 is 1.12 bits per heavy atom. The van der Waals surface area contributed by atoms with Crippen LogP contribution in [0.25, 0.3) is 10.9 Å². The van der Waals surface area contributed by atoms with Crippen LogP contribution >= 0.6 is 0 Å². The van der Waals surface area contributed by atoms with Gasteiger partial charge in [-0.2, -0.15) is 0 Å². The molecule has 2 aliphatic rings. The average Bonchev–Trinajstić information content (AvgIpc) is 3.43. The van der Waals surface area contributed by atoms with E-state index in [2.05, 4.69) is 63.7 Å². The number of nitrogens with one attached hydrogen (secondary N) is 2. The summed E-state index contributed by atoms with van der Waals surface area (Å²) in [5, 5.41) is 4.46. The van der Waals surface area contributed by atoms with Crippen molar-refractivity contribution in [3.05, 3.63) is 65.9 Å². The maximum atomic E-state index is 13.1. The zero-order valence-corrected chi connectivity index (χ0v) is 20.3. The number of H-pyrrole nitrogens is 1. The van der Waals surface area contributed by atoms with Gasteiger partial charge < -0.3 is 19.9 Å². The summed E-state index contributed by atoms with van der Waals surface area (Å²) in [4.78, 5) is 21.3. The molecule has 2 saturated heterocycles. The lowest BCUT2D eigenvalue weighted by atomic mass is 9.79. The third kappa shape index (κ3) is 4.84. The molecule has 1 spiro atoms. The molecule has 2 N–H and O–H groups in total. The van der Waals surface area contributed by atoms with Gasteiger partial charge in [0, 0.05) is 42.7 Å². The van der Waals surface area contributed by atoms with E-state index in [0.717, 1.165) is 36.5 Å². The number of methoxy groups -OCH3 is 1. The summed E-state index contributed by atoms with van der Waals surface area (Å²) in [6, 6.07) is 16.5. The molecule has 3 heterocycles. The van der Waals surface area contributed by atoms with Gasteiger partial charge in [0.05, 0.1) is 13.7 Å². The zero-order chi connectivity index (χ0) is 23.5. The van der Waals surface area contributed by atoms with Crippen molar-refractivity contribution >= 4 is 16.8 Å².